The van der Waals surface area contributed by atoms with Crippen molar-refractivity contribution in [1.82, 2.24) is 15.3 Å². The number of carbonyl (C=O) groups excluding carboxylic acids is 1. The van der Waals surface area contributed by atoms with Crippen LogP contribution < -0.4 is 15.8 Å². The third-order valence-electron chi connectivity index (χ3n) is 2.57. The molecule has 100 valence electrons. The number of rotatable bonds is 5. The monoisotopic (exact) mass is 260 g/mol. The Labute approximate surface area is 111 Å². The van der Waals surface area contributed by atoms with Crippen LogP contribution in [-0.4, -0.2) is 22.5 Å². The molecule has 0 unspecified atom stereocenters. The van der Waals surface area contributed by atoms with Crippen LogP contribution >= 0.6 is 0 Å². The number of nitrogens with zero attached hydrogens (tertiary/aromatic N) is 1. The van der Waals surface area contributed by atoms with Crippen LogP contribution in [0.2, 0.25) is 0 Å². The van der Waals surface area contributed by atoms with Crippen molar-refractivity contribution in [2.24, 2.45) is 0 Å². The lowest BCUT2D eigenvalue weighted by molar-refractivity contribution is 0.0947. The summed E-state index contributed by atoms with van der Waals surface area (Å²) in [6.45, 7) is 2.67. The fourth-order valence-corrected chi connectivity index (χ4v) is 1.69. The van der Waals surface area contributed by atoms with Gasteiger partial charge in [-0.05, 0) is 19.1 Å². The average molecular weight is 260 g/mol. The van der Waals surface area contributed by atoms with Crippen LogP contribution in [0.25, 0.3) is 0 Å². The zero-order chi connectivity index (χ0) is 13.7. The fourth-order valence-electron chi connectivity index (χ4n) is 1.69. The van der Waals surface area contributed by atoms with Gasteiger partial charge in [-0.3, -0.25) is 4.79 Å². The first-order valence-corrected chi connectivity index (χ1v) is 5.99. The largest absolute Gasteiger partial charge is 0.491 e. The third-order valence-corrected chi connectivity index (χ3v) is 2.57. The molecule has 19 heavy (non-hydrogen) atoms. The summed E-state index contributed by atoms with van der Waals surface area (Å²) < 4.78 is 5.42. The zero-order valence-corrected chi connectivity index (χ0v) is 10.6. The molecular weight excluding hydrogens is 244 g/mol. The van der Waals surface area contributed by atoms with Crippen molar-refractivity contribution in [2.45, 2.75) is 13.5 Å². The number of nitrogens with one attached hydrogen (secondary N) is 2. The molecule has 1 aromatic carbocycles. The highest BCUT2D eigenvalue weighted by Gasteiger charge is 2.14. The summed E-state index contributed by atoms with van der Waals surface area (Å²) in [6.07, 6.45) is 3.22. The minimum Gasteiger partial charge on any atom is -0.491 e. The van der Waals surface area contributed by atoms with Gasteiger partial charge in [0, 0.05) is 6.20 Å². The maximum Gasteiger partial charge on any atom is 0.255 e. The van der Waals surface area contributed by atoms with E-state index in [9.17, 15) is 4.79 Å². The summed E-state index contributed by atoms with van der Waals surface area (Å²) in [4.78, 5) is 18.9. The van der Waals surface area contributed by atoms with Crippen LogP contribution in [-0.2, 0) is 6.54 Å². The topological polar surface area (TPSA) is 93.0 Å². The van der Waals surface area contributed by atoms with Gasteiger partial charge in [0.1, 0.15) is 0 Å². The van der Waals surface area contributed by atoms with Crippen LogP contribution in [0.4, 0.5) is 5.69 Å². The highest BCUT2D eigenvalue weighted by molar-refractivity contribution is 5.98. The molecule has 0 bridgehead atoms. The second-order valence-electron chi connectivity index (χ2n) is 3.92. The number of nitrogen functional groups attached to an aromatic ring is 1. The van der Waals surface area contributed by atoms with Gasteiger partial charge in [0.25, 0.3) is 5.91 Å². The summed E-state index contributed by atoms with van der Waals surface area (Å²) in [5.41, 5.74) is 7.53. The Kier molecular flexibility index (Phi) is 4.02. The zero-order valence-electron chi connectivity index (χ0n) is 10.6. The van der Waals surface area contributed by atoms with Crippen molar-refractivity contribution in [3.8, 4) is 5.75 Å². The Balaban J connectivity index is 2.12. The molecule has 0 aliphatic rings. The van der Waals surface area contributed by atoms with Crippen molar-refractivity contribution in [3.63, 3.8) is 0 Å². The molecule has 2 rings (SSSR count). The number of anilines is 1. The number of para-hydroxylation sites is 1. The number of ether oxygens (including phenoxy) is 1. The van der Waals surface area contributed by atoms with Crippen LogP contribution in [0.15, 0.2) is 30.7 Å². The number of nitrogens with two attached hydrogens (primary N) is 1. The van der Waals surface area contributed by atoms with Gasteiger partial charge in [-0.25, -0.2) is 4.98 Å². The molecule has 0 aliphatic carbocycles. The Morgan fingerprint density at radius 3 is 3.05 bits per heavy atom. The maximum absolute atomic E-state index is 12.1. The lowest BCUT2D eigenvalue weighted by atomic mass is 10.1. The summed E-state index contributed by atoms with van der Waals surface area (Å²) in [6, 6.07) is 5.11. The van der Waals surface area contributed by atoms with E-state index in [1.54, 1.807) is 30.7 Å². The summed E-state index contributed by atoms with van der Waals surface area (Å²) in [7, 11) is 0. The average Bonchev–Trinajstić information content (AvgIpc) is 2.92. The molecule has 1 aromatic heterocycles. The van der Waals surface area contributed by atoms with Crippen molar-refractivity contribution >= 4 is 11.6 Å². The molecule has 0 aliphatic heterocycles. The van der Waals surface area contributed by atoms with Gasteiger partial charge in [0.15, 0.2) is 5.75 Å². The molecule has 0 atom stereocenters. The second kappa shape index (κ2) is 5.90. The van der Waals surface area contributed by atoms with E-state index < -0.39 is 0 Å². The third kappa shape index (κ3) is 3.04. The van der Waals surface area contributed by atoms with Crippen molar-refractivity contribution in [2.75, 3.05) is 12.3 Å². The Morgan fingerprint density at radius 1 is 1.53 bits per heavy atom. The van der Waals surface area contributed by atoms with E-state index in [2.05, 4.69) is 15.3 Å². The van der Waals surface area contributed by atoms with E-state index in [1.807, 2.05) is 6.92 Å². The standard InChI is InChI=1S/C13H16N4O2/c1-2-19-12-10(4-3-5-11(12)14)13(18)16-7-9-6-15-8-17-9/h3-6,8H,2,7,14H2,1H3,(H,15,17)(H,16,18). The predicted molar refractivity (Wildman–Crippen MR) is 71.8 cm³/mol. The molecule has 1 heterocycles. The van der Waals surface area contributed by atoms with Crippen LogP contribution in [0.5, 0.6) is 5.75 Å². The second-order valence-corrected chi connectivity index (χ2v) is 3.92. The predicted octanol–water partition coefficient (Wildman–Crippen LogP) is 1.32. The van der Waals surface area contributed by atoms with Crippen molar-refractivity contribution < 1.29 is 9.53 Å². The Morgan fingerprint density at radius 2 is 2.37 bits per heavy atom. The first kappa shape index (κ1) is 12.9. The van der Waals surface area contributed by atoms with Gasteiger partial charge in [0.05, 0.1) is 36.4 Å². The molecule has 2 aromatic rings. The van der Waals surface area contributed by atoms with Gasteiger partial charge >= 0.3 is 0 Å². The number of aromatic nitrogens is 2. The van der Waals surface area contributed by atoms with E-state index in [-0.39, 0.29) is 5.91 Å². The summed E-state index contributed by atoms with van der Waals surface area (Å²) in [5, 5.41) is 2.78. The lowest BCUT2D eigenvalue weighted by Gasteiger charge is -2.12. The van der Waals surface area contributed by atoms with E-state index in [4.69, 9.17) is 10.5 Å². The van der Waals surface area contributed by atoms with Crippen LogP contribution in [0.3, 0.4) is 0 Å². The maximum atomic E-state index is 12.1. The number of hydrogen-bond donors (Lipinski definition) is 3. The normalized spacial score (nSPS) is 10.2. The van der Waals surface area contributed by atoms with Crippen LogP contribution in [0, 0.1) is 0 Å². The van der Waals surface area contributed by atoms with Gasteiger partial charge in [-0.1, -0.05) is 6.07 Å². The quantitative estimate of drug-likeness (QED) is 0.707. The summed E-state index contributed by atoms with van der Waals surface area (Å²) >= 11 is 0. The van der Waals surface area contributed by atoms with E-state index >= 15 is 0 Å². The van der Waals surface area contributed by atoms with E-state index in [0.29, 0.717) is 30.2 Å². The number of amides is 1. The molecule has 0 fully saturated rings. The van der Waals surface area contributed by atoms with E-state index in [0.717, 1.165) is 5.69 Å². The highest BCUT2D eigenvalue weighted by Crippen LogP contribution is 2.26. The first-order valence-electron chi connectivity index (χ1n) is 5.99. The number of H-pyrrole nitrogens is 1. The number of imidazole rings is 1. The Hall–Kier alpha value is -2.50. The first-order chi connectivity index (χ1) is 9.22. The lowest BCUT2D eigenvalue weighted by Crippen LogP contribution is -2.24. The molecule has 1 amide bonds. The molecule has 0 spiro atoms. The number of carbonyl (C=O) groups is 1. The molecule has 4 N–H and O–H groups in total. The summed E-state index contributed by atoms with van der Waals surface area (Å²) in [5.74, 6) is 0.192. The molecule has 0 saturated carbocycles. The highest BCUT2D eigenvalue weighted by atomic mass is 16.5. The van der Waals surface area contributed by atoms with Crippen LogP contribution in [0.1, 0.15) is 23.0 Å². The fraction of sp³-hybridized carbons (Fsp3) is 0.231. The molecule has 0 radical (unpaired) electrons. The van der Waals surface area contributed by atoms with Gasteiger partial charge < -0.3 is 20.8 Å². The minimum atomic E-state index is -0.231. The smallest absolute Gasteiger partial charge is 0.255 e. The molecular formula is C13H16N4O2. The Bertz CT molecular complexity index is 552. The van der Waals surface area contributed by atoms with Gasteiger partial charge in [-0.2, -0.15) is 0 Å². The number of aromatic amines is 1. The molecule has 0 saturated heterocycles. The SMILES string of the molecule is CCOc1c(N)cccc1C(=O)NCc1cnc[nH]1. The molecule has 6 nitrogen and oxygen atoms in total. The van der Waals surface area contributed by atoms with E-state index in [1.165, 1.54) is 0 Å². The van der Waals surface area contributed by atoms with Gasteiger partial charge in [-0.15, -0.1) is 0 Å². The van der Waals surface area contributed by atoms with Crippen molar-refractivity contribution in [3.05, 3.63) is 42.0 Å². The molecule has 6 heteroatoms. The van der Waals surface area contributed by atoms with Gasteiger partial charge in [0.2, 0.25) is 0 Å². The minimum absolute atomic E-state index is 0.231. The number of hydrogen-bond acceptors (Lipinski definition) is 4. The van der Waals surface area contributed by atoms with Crippen molar-refractivity contribution in [1.29, 1.82) is 0 Å². The number of benzene rings is 1.